The zero-order valence-corrected chi connectivity index (χ0v) is 12.6. The first kappa shape index (κ1) is 15.7. The average Bonchev–Trinajstić information content (AvgIpc) is 2.88. The fourth-order valence-corrected chi connectivity index (χ4v) is 2.43. The number of benzene rings is 1. The summed E-state index contributed by atoms with van der Waals surface area (Å²) in [7, 11) is 0. The van der Waals surface area contributed by atoms with Crippen molar-refractivity contribution in [2.45, 2.75) is 32.7 Å². The number of aliphatic carboxylic acids is 1. The van der Waals surface area contributed by atoms with Gasteiger partial charge in [-0.05, 0) is 49.4 Å². The summed E-state index contributed by atoms with van der Waals surface area (Å²) in [6.07, 6.45) is 4.88. The van der Waals surface area contributed by atoms with E-state index in [0.29, 0.717) is 0 Å². The molecule has 0 bridgehead atoms. The molecule has 1 aromatic heterocycles. The Balaban J connectivity index is 2.44. The van der Waals surface area contributed by atoms with Crippen LogP contribution in [-0.4, -0.2) is 22.1 Å². The molecule has 22 heavy (non-hydrogen) atoms. The van der Waals surface area contributed by atoms with Gasteiger partial charge in [0.2, 0.25) is 0 Å². The monoisotopic (exact) mass is 298 g/mol. The molecule has 1 heterocycles. The fourth-order valence-electron chi connectivity index (χ4n) is 2.43. The first-order valence-corrected chi connectivity index (χ1v) is 7.01. The highest BCUT2D eigenvalue weighted by Gasteiger charge is 2.19. The Bertz CT molecular complexity index is 764. The lowest BCUT2D eigenvalue weighted by atomic mass is 9.99. The minimum absolute atomic E-state index is 0.172. The summed E-state index contributed by atoms with van der Waals surface area (Å²) in [6.45, 7) is 4.08. The Hall–Kier alpha value is -2.72. The molecule has 2 aromatic rings. The summed E-state index contributed by atoms with van der Waals surface area (Å²) in [5.41, 5.74) is 12.7. The molecular weight excluding hydrogens is 280 g/mol. The molecule has 2 N–H and O–H groups in total. The minimum Gasteiger partial charge on any atom is -0.481 e. The maximum absolute atomic E-state index is 11.2. The van der Waals surface area contributed by atoms with Crippen molar-refractivity contribution >= 4 is 16.9 Å². The molecule has 2 rings (SSSR count). The van der Waals surface area contributed by atoms with Crippen LogP contribution in [0.3, 0.4) is 0 Å². The van der Waals surface area contributed by atoms with Crippen LogP contribution in [0.2, 0.25) is 0 Å². The lowest BCUT2D eigenvalue weighted by Gasteiger charge is -2.07. The second-order valence-electron chi connectivity index (χ2n) is 5.40. The molecule has 0 aliphatic rings. The first-order chi connectivity index (χ1) is 10.5. The molecule has 0 radical (unpaired) electrons. The highest BCUT2D eigenvalue weighted by molar-refractivity contribution is 5.87. The maximum atomic E-state index is 11.2. The van der Waals surface area contributed by atoms with Gasteiger partial charge in [-0.2, -0.15) is 0 Å². The van der Waals surface area contributed by atoms with Gasteiger partial charge < -0.3 is 10.1 Å². The van der Waals surface area contributed by atoms with E-state index in [-0.39, 0.29) is 6.42 Å². The van der Waals surface area contributed by atoms with Gasteiger partial charge in [-0.25, -0.2) is 0 Å². The predicted molar refractivity (Wildman–Crippen MR) is 85.7 cm³/mol. The smallest absolute Gasteiger partial charge is 0.312 e. The lowest BCUT2D eigenvalue weighted by molar-refractivity contribution is -0.138. The van der Waals surface area contributed by atoms with Crippen LogP contribution in [0.25, 0.3) is 21.3 Å². The van der Waals surface area contributed by atoms with E-state index in [1.807, 2.05) is 32.0 Å². The second-order valence-corrected chi connectivity index (χ2v) is 5.40. The van der Waals surface area contributed by atoms with Gasteiger partial charge in [0.25, 0.3) is 0 Å². The SMILES string of the molecule is CC(C)=CCc1cccc2[nH]cc(CC(N=[N+]=[N-])C(=O)O)c12. The van der Waals surface area contributed by atoms with Gasteiger partial charge in [0, 0.05) is 22.0 Å². The van der Waals surface area contributed by atoms with E-state index in [1.54, 1.807) is 6.20 Å². The number of rotatable bonds is 6. The third kappa shape index (κ3) is 3.48. The molecule has 114 valence electrons. The number of H-pyrrole nitrogens is 1. The van der Waals surface area contributed by atoms with E-state index in [2.05, 4.69) is 21.1 Å². The van der Waals surface area contributed by atoms with Crippen LogP contribution in [0.15, 0.2) is 41.2 Å². The fraction of sp³-hybridized carbons (Fsp3) is 0.312. The molecule has 0 saturated heterocycles. The van der Waals surface area contributed by atoms with Crippen LogP contribution in [0.5, 0.6) is 0 Å². The highest BCUT2D eigenvalue weighted by Crippen LogP contribution is 2.25. The number of carbonyl (C=O) groups is 1. The summed E-state index contributed by atoms with van der Waals surface area (Å²) in [6, 6.07) is 4.86. The van der Waals surface area contributed by atoms with Crippen molar-refractivity contribution in [2.24, 2.45) is 5.11 Å². The number of fused-ring (bicyclic) bond motifs is 1. The third-order valence-electron chi connectivity index (χ3n) is 3.49. The highest BCUT2D eigenvalue weighted by atomic mass is 16.4. The summed E-state index contributed by atoms with van der Waals surface area (Å²) in [5, 5.41) is 13.5. The van der Waals surface area contributed by atoms with Crippen LogP contribution < -0.4 is 0 Å². The molecule has 0 aliphatic heterocycles. The molecule has 0 fully saturated rings. The number of nitrogens with zero attached hydrogens (tertiary/aromatic N) is 3. The minimum atomic E-state index is -1.12. The molecular formula is C16H18N4O2. The molecule has 0 saturated carbocycles. The van der Waals surface area contributed by atoms with Crippen molar-refractivity contribution in [2.75, 3.05) is 0 Å². The Labute approximate surface area is 128 Å². The second kappa shape index (κ2) is 6.83. The van der Waals surface area contributed by atoms with Gasteiger partial charge in [-0.3, -0.25) is 4.79 Å². The standard InChI is InChI=1S/C16H18N4O2/c1-10(2)6-7-11-4-3-5-13-15(11)12(9-18-13)8-14(16(21)22)19-20-17/h3-6,9,14,18H,7-8H2,1-2H3,(H,21,22). The molecule has 6 nitrogen and oxygen atoms in total. The van der Waals surface area contributed by atoms with Crippen LogP contribution in [0.4, 0.5) is 0 Å². The lowest BCUT2D eigenvalue weighted by Crippen LogP contribution is -2.19. The van der Waals surface area contributed by atoms with Crippen molar-refractivity contribution < 1.29 is 9.90 Å². The van der Waals surface area contributed by atoms with Crippen LogP contribution in [0, 0.1) is 0 Å². The van der Waals surface area contributed by atoms with E-state index in [4.69, 9.17) is 10.6 Å². The van der Waals surface area contributed by atoms with Crippen molar-refractivity contribution in [3.63, 3.8) is 0 Å². The number of carboxylic acid groups (broad SMARTS) is 1. The van der Waals surface area contributed by atoms with Gasteiger partial charge in [0.1, 0.15) is 6.04 Å². The van der Waals surface area contributed by atoms with Gasteiger partial charge in [0.15, 0.2) is 0 Å². The van der Waals surface area contributed by atoms with Crippen LogP contribution >= 0.6 is 0 Å². The van der Waals surface area contributed by atoms with E-state index in [9.17, 15) is 4.79 Å². The summed E-state index contributed by atoms with van der Waals surface area (Å²) < 4.78 is 0. The molecule has 0 aliphatic carbocycles. The quantitative estimate of drug-likeness (QED) is 0.364. The van der Waals surface area contributed by atoms with Gasteiger partial charge in [-0.15, -0.1) is 0 Å². The van der Waals surface area contributed by atoms with Gasteiger partial charge in [0.05, 0.1) is 0 Å². The van der Waals surface area contributed by atoms with E-state index in [0.717, 1.165) is 28.5 Å². The predicted octanol–water partition coefficient (Wildman–Crippen LogP) is 3.98. The molecule has 1 unspecified atom stereocenters. The Morgan fingerprint density at radius 3 is 2.86 bits per heavy atom. The van der Waals surface area contributed by atoms with E-state index < -0.39 is 12.0 Å². The number of nitrogens with one attached hydrogen (secondary N) is 1. The van der Waals surface area contributed by atoms with Gasteiger partial charge >= 0.3 is 5.97 Å². The Morgan fingerprint density at radius 1 is 1.45 bits per heavy atom. The molecule has 6 heteroatoms. The van der Waals surface area contributed by atoms with Crippen LogP contribution in [0.1, 0.15) is 25.0 Å². The maximum Gasteiger partial charge on any atom is 0.312 e. The Kier molecular flexibility index (Phi) is 4.86. The van der Waals surface area contributed by atoms with Crippen molar-refractivity contribution in [1.82, 2.24) is 4.98 Å². The van der Waals surface area contributed by atoms with Gasteiger partial charge in [-0.1, -0.05) is 28.9 Å². The molecule has 0 amide bonds. The summed E-state index contributed by atoms with van der Waals surface area (Å²) in [5.74, 6) is -1.12. The van der Waals surface area contributed by atoms with Crippen molar-refractivity contribution in [3.05, 3.63) is 57.6 Å². The van der Waals surface area contributed by atoms with Crippen molar-refractivity contribution in [3.8, 4) is 0 Å². The number of hydrogen-bond donors (Lipinski definition) is 2. The summed E-state index contributed by atoms with van der Waals surface area (Å²) in [4.78, 5) is 16.9. The number of aromatic nitrogens is 1. The third-order valence-corrected chi connectivity index (χ3v) is 3.49. The number of carboxylic acids is 1. The topological polar surface area (TPSA) is 102 Å². The molecule has 0 spiro atoms. The summed E-state index contributed by atoms with van der Waals surface area (Å²) >= 11 is 0. The first-order valence-electron chi connectivity index (χ1n) is 7.01. The van der Waals surface area contributed by atoms with E-state index in [1.165, 1.54) is 5.57 Å². The average molecular weight is 298 g/mol. The Morgan fingerprint density at radius 2 is 2.23 bits per heavy atom. The number of hydrogen-bond acceptors (Lipinski definition) is 2. The zero-order valence-electron chi connectivity index (χ0n) is 12.6. The zero-order chi connectivity index (χ0) is 16.1. The van der Waals surface area contributed by atoms with Crippen LogP contribution in [-0.2, 0) is 17.6 Å². The number of azide groups is 1. The van der Waals surface area contributed by atoms with E-state index >= 15 is 0 Å². The molecule has 1 aromatic carbocycles. The molecule has 1 atom stereocenters. The normalized spacial score (nSPS) is 11.7. The largest absolute Gasteiger partial charge is 0.481 e. The number of aromatic amines is 1. The number of allylic oxidation sites excluding steroid dienone is 2. The van der Waals surface area contributed by atoms with Crippen molar-refractivity contribution in [1.29, 1.82) is 0 Å².